The number of hydrogen-bond donors (Lipinski definition) is 2. The molecule has 0 fully saturated rings. The summed E-state index contributed by atoms with van der Waals surface area (Å²) in [4.78, 5) is 11.8. The van der Waals surface area contributed by atoms with Gasteiger partial charge < -0.3 is 10.6 Å². The van der Waals surface area contributed by atoms with Gasteiger partial charge in [0.25, 0.3) is 0 Å². The lowest BCUT2D eigenvalue weighted by Gasteiger charge is -2.09. The molecule has 0 saturated carbocycles. The van der Waals surface area contributed by atoms with Crippen LogP contribution >= 0.6 is 45.8 Å². The molecule has 0 aromatic heterocycles. The molecule has 0 unspecified atom stereocenters. The molecule has 0 aliphatic carbocycles. The second kappa shape index (κ2) is 7.15. The molecule has 3 nitrogen and oxygen atoms in total. The number of amides is 1. The zero-order valence-electron chi connectivity index (χ0n) is 10.3. The molecule has 6 heteroatoms. The normalized spacial score (nSPS) is 10.2. The van der Waals surface area contributed by atoms with Crippen molar-refractivity contribution in [3.63, 3.8) is 0 Å². The molecule has 0 atom stereocenters. The van der Waals surface area contributed by atoms with E-state index in [2.05, 4.69) is 33.2 Å². The average Bonchev–Trinajstić information content (AvgIpc) is 2.40. The predicted molar refractivity (Wildman–Crippen MR) is 92.7 cm³/mol. The zero-order valence-corrected chi connectivity index (χ0v) is 14.0. The van der Waals surface area contributed by atoms with Crippen LogP contribution in [-0.2, 0) is 4.79 Å². The van der Waals surface area contributed by atoms with Crippen LogP contribution in [0.2, 0.25) is 10.0 Å². The molecular weight excluding hydrogens is 410 g/mol. The van der Waals surface area contributed by atoms with Crippen molar-refractivity contribution < 1.29 is 4.79 Å². The Kier molecular flexibility index (Phi) is 5.51. The highest BCUT2D eigenvalue weighted by Gasteiger charge is 2.05. The fourth-order valence-corrected chi connectivity index (χ4v) is 2.60. The Balaban J connectivity index is 1.90. The minimum Gasteiger partial charge on any atom is -0.375 e. The van der Waals surface area contributed by atoms with Crippen LogP contribution in [0.4, 0.5) is 11.4 Å². The van der Waals surface area contributed by atoms with Crippen LogP contribution < -0.4 is 10.6 Å². The van der Waals surface area contributed by atoms with Gasteiger partial charge in [-0.1, -0.05) is 23.2 Å². The van der Waals surface area contributed by atoms with Crippen molar-refractivity contribution in [2.75, 3.05) is 17.2 Å². The van der Waals surface area contributed by atoms with Crippen molar-refractivity contribution in [1.82, 2.24) is 0 Å². The fraction of sp³-hybridized carbons (Fsp3) is 0.0714. The molecular formula is C14H11Cl2IN2O. The van der Waals surface area contributed by atoms with Crippen molar-refractivity contribution in [3.05, 3.63) is 56.1 Å². The van der Waals surface area contributed by atoms with Gasteiger partial charge in [0.05, 0.1) is 17.3 Å². The summed E-state index contributed by atoms with van der Waals surface area (Å²) in [5, 5.41) is 6.99. The van der Waals surface area contributed by atoms with Gasteiger partial charge in [0.15, 0.2) is 0 Å². The van der Waals surface area contributed by atoms with Gasteiger partial charge in [-0.25, -0.2) is 0 Å². The number of hydrogen-bond acceptors (Lipinski definition) is 2. The van der Waals surface area contributed by atoms with Gasteiger partial charge in [-0.15, -0.1) is 0 Å². The van der Waals surface area contributed by atoms with Crippen molar-refractivity contribution in [2.45, 2.75) is 0 Å². The maximum absolute atomic E-state index is 11.8. The second-order valence-corrected chi connectivity index (χ2v) is 6.12. The summed E-state index contributed by atoms with van der Waals surface area (Å²) in [6, 6.07) is 12.5. The molecule has 0 aliphatic heterocycles. The summed E-state index contributed by atoms with van der Waals surface area (Å²) in [6.07, 6.45) is 0. The van der Waals surface area contributed by atoms with Crippen LogP contribution in [0.1, 0.15) is 0 Å². The molecule has 0 radical (unpaired) electrons. The smallest absolute Gasteiger partial charge is 0.243 e. The Morgan fingerprint density at radius 3 is 2.45 bits per heavy atom. The van der Waals surface area contributed by atoms with E-state index in [1.165, 1.54) is 0 Å². The quantitative estimate of drug-likeness (QED) is 0.707. The van der Waals surface area contributed by atoms with Crippen LogP contribution in [0.25, 0.3) is 0 Å². The summed E-state index contributed by atoms with van der Waals surface area (Å²) in [6.45, 7) is 0.142. The molecule has 0 spiro atoms. The number of nitrogens with one attached hydrogen (secondary N) is 2. The first-order chi connectivity index (χ1) is 9.54. The van der Waals surface area contributed by atoms with Gasteiger partial charge in [-0.2, -0.15) is 0 Å². The van der Waals surface area contributed by atoms with Gasteiger partial charge in [-0.05, 0) is 65.1 Å². The lowest BCUT2D eigenvalue weighted by atomic mass is 10.3. The highest BCUT2D eigenvalue weighted by atomic mass is 127. The van der Waals surface area contributed by atoms with Crippen LogP contribution in [0.3, 0.4) is 0 Å². The summed E-state index contributed by atoms with van der Waals surface area (Å²) in [7, 11) is 0. The van der Waals surface area contributed by atoms with Crippen LogP contribution in [0.5, 0.6) is 0 Å². The molecule has 104 valence electrons. The topological polar surface area (TPSA) is 41.1 Å². The third kappa shape index (κ3) is 4.54. The van der Waals surface area contributed by atoms with Crippen molar-refractivity contribution >= 4 is 63.1 Å². The molecule has 20 heavy (non-hydrogen) atoms. The average molecular weight is 421 g/mol. The van der Waals surface area contributed by atoms with Gasteiger partial charge in [0.2, 0.25) is 5.91 Å². The van der Waals surface area contributed by atoms with E-state index in [0.29, 0.717) is 15.7 Å². The van der Waals surface area contributed by atoms with E-state index in [1.54, 1.807) is 24.3 Å². The van der Waals surface area contributed by atoms with Crippen molar-refractivity contribution in [3.8, 4) is 0 Å². The summed E-state index contributed by atoms with van der Waals surface area (Å²) in [5.74, 6) is -0.151. The number of anilines is 2. The molecule has 2 aromatic rings. The fourth-order valence-electron chi connectivity index (χ4n) is 1.55. The molecule has 0 heterocycles. The molecule has 2 aromatic carbocycles. The third-order valence-corrected chi connectivity index (χ3v) is 3.73. The van der Waals surface area contributed by atoms with Gasteiger partial charge in [-0.3, -0.25) is 4.79 Å². The zero-order chi connectivity index (χ0) is 14.5. The molecule has 2 rings (SSSR count). The predicted octanol–water partition coefficient (Wildman–Crippen LogP) is 4.65. The van der Waals surface area contributed by atoms with Gasteiger partial charge in [0, 0.05) is 14.3 Å². The number of halogens is 3. The van der Waals surface area contributed by atoms with E-state index in [-0.39, 0.29) is 12.5 Å². The highest BCUT2D eigenvalue weighted by molar-refractivity contribution is 14.1. The standard InChI is InChI=1S/C14H11Cl2IN2O/c15-9-1-4-11(5-2-9)19-14(20)8-18-13-6-3-10(17)7-12(13)16/h1-7,18H,8H2,(H,19,20). The van der Waals surface area contributed by atoms with Crippen LogP contribution in [-0.4, -0.2) is 12.5 Å². The largest absolute Gasteiger partial charge is 0.375 e. The summed E-state index contributed by atoms with van der Waals surface area (Å²) >= 11 is 14.0. The lowest BCUT2D eigenvalue weighted by molar-refractivity contribution is -0.114. The van der Waals surface area contributed by atoms with Crippen molar-refractivity contribution in [2.24, 2.45) is 0 Å². The summed E-state index contributed by atoms with van der Waals surface area (Å²) < 4.78 is 1.05. The summed E-state index contributed by atoms with van der Waals surface area (Å²) in [5.41, 5.74) is 1.44. The Labute approximate surface area is 140 Å². The number of rotatable bonds is 4. The molecule has 0 aliphatic rings. The molecule has 2 N–H and O–H groups in total. The highest BCUT2D eigenvalue weighted by Crippen LogP contribution is 2.23. The number of carbonyl (C=O) groups is 1. The maximum atomic E-state index is 11.8. The van der Waals surface area contributed by atoms with E-state index in [0.717, 1.165) is 9.26 Å². The first-order valence-corrected chi connectivity index (χ1v) is 7.62. The van der Waals surface area contributed by atoms with E-state index in [1.807, 2.05) is 18.2 Å². The van der Waals surface area contributed by atoms with Gasteiger partial charge in [0.1, 0.15) is 0 Å². The molecule has 0 bridgehead atoms. The minimum atomic E-state index is -0.151. The SMILES string of the molecule is O=C(CNc1ccc(I)cc1Cl)Nc1ccc(Cl)cc1. The second-order valence-electron chi connectivity index (χ2n) is 4.03. The van der Waals surface area contributed by atoms with Crippen LogP contribution in [0.15, 0.2) is 42.5 Å². The Bertz CT molecular complexity index is 617. The van der Waals surface area contributed by atoms with E-state index >= 15 is 0 Å². The molecule has 1 amide bonds. The Hall–Kier alpha value is -0.980. The lowest BCUT2D eigenvalue weighted by Crippen LogP contribution is -2.21. The number of benzene rings is 2. The molecule has 0 saturated heterocycles. The monoisotopic (exact) mass is 420 g/mol. The number of carbonyl (C=O) groups excluding carboxylic acids is 1. The van der Waals surface area contributed by atoms with Gasteiger partial charge >= 0.3 is 0 Å². The van der Waals surface area contributed by atoms with E-state index < -0.39 is 0 Å². The first-order valence-electron chi connectivity index (χ1n) is 5.79. The maximum Gasteiger partial charge on any atom is 0.243 e. The van der Waals surface area contributed by atoms with Crippen LogP contribution in [0, 0.1) is 3.57 Å². The van der Waals surface area contributed by atoms with Crippen molar-refractivity contribution in [1.29, 1.82) is 0 Å². The first kappa shape index (κ1) is 15.4. The van der Waals surface area contributed by atoms with E-state index in [9.17, 15) is 4.79 Å². The third-order valence-electron chi connectivity index (χ3n) is 2.50. The minimum absolute atomic E-state index is 0.142. The Morgan fingerprint density at radius 2 is 1.80 bits per heavy atom. The Morgan fingerprint density at radius 1 is 1.10 bits per heavy atom. The van der Waals surface area contributed by atoms with E-state index in [4.69, 9.17) is 23.2 Å².